The van der Waals surface area contributed by atoms with Crippen LogP contribution in [-0.4, -0.2) is 37.4 Å². The van der Waals surface area contributed by atoms with Crippen LogP contribution in [0.3, 0.4) is 0 Å². The molecule has 1 fully saturated rings. The van der Waals surface area contributed by atoms with Gasteiger partial charge in [-0.25, -0.2) is 0 Å². The summed E-state index contributed by atoms with van der Waals surface area (Å²) in [4.78, 5) is 2.49. The molecule has 4 heteroatoms. The number of piperazine rings is 1. The Balaban J connectivity index is 1.72. The summed E-state index contributed by atoms with van der Waals surface area (Å²) >= 11 is 0. The van der Waals surface area contributed by atoms with Crippen LogP contribution in [0.25, 0.3) is 0 Å². The smallest absolute Gasteiger partial charge is 0.231 e. The maximum Gasteiger partial charge on any atom is 0.231 e. The molecule has 4 nitrogen and oxygen atoms in total. The molecule has 0 bridgehead atoms. The molecule has 1 aromatic rings. The average molecular weight is 234 g/mol. The topological polar surface area (TPSA) is 33.7 Å². The van der Waals surface area contributed by atoms with Crippen LogP contribution in [0.5, 0.6) is 11.5 Å². The van der Waals surface area contributed by atoms with Gasteiger partial charge >= 0.3 is 0 Å². The summed E-state index contributed by atoms with van der Waals surface area (Å²) in [7, 11) is 0. The number of nitrogens with zero attached hydrogens (tertiary/aromatic N) is 1. The molecule has 0 aliphatic carbocycles. The number of rotatable bonds is 2. The van der Waals surface area contributed by atoms with Crippen LogP contribution in [-0.2, 0) is 6.54 Å². The van der Waals surface area contributed by atoms with E-state index in [1.54, 1.807) is 0 Å². The molecule has 0 aromatic heterocycles. The summed E-state index contributed by atoms with van der Waals surface area (Å²) in [5.41, 5.74) is 1.29. The zero-order valence-corrected chi connectivity index (χ0v) is 10.1. The summed E-state index contributed by atoms with van der Waals surface area (Å²) < 4.78 is 10.7. The van der Waals surface area contributed by atoms with Crippen LogP contribution >= 0.6 is 0 Å². The Bertz CT molecular complexity index is 408. The van der Waals surface area contributed by atoms with Gasteiger partial charge in [-0.3, -0.25) is 4.90 Å². The standard InChI is InChI=1S/C13H18N2O2/c1-10-7-14-4-5-15(10)8-11-2-3-12-13(6-11)17-9-16-12/h2-3,6,10,14H,4-5,7-9H2,1H3/t10-/m1/s1. The van der Waals surface area contributed by atoms with E-state index in [2.05, 4.69) is 29.3 Å². The van der Waals surface area contributed by atoms with E-state index in [4.69, 9.17) is 9.47 Å². The van der Waals surface area contributed by atoms with Crippen molar-refractivity contribution >= 4 is 0 Å². The SMILES string of the molecule is C[C@@H]1CNCCN1Cc1ccc2c(c1)OCO2. The van der Waals surface area contributed by atoms with E-state index in [1.165, 1.54) is 5.56 Å². The molecule has 2 aliphatic rings. The van der Waals surface area contributed by atoms with Crippen molar-refractivity contribution in [3.8, 4) is 11.5 Å². The van der Waals surface area contributed by atoms with E-state index in [1.807, 2.05) is 6.07 Å². The van der Waals surface area contributed by atoms with Gasteiger partial charge in [0.05, 0.1) is 0 Å². The molecule has 3 rings (SSSR count). The largest absolute Gasteiger partial charge is 0.454 e. The van der Waals surface area contributed by atoms with Gasteiger partial charge in [0.2, 0.25) is 6.79 Å². The van der Waals surface area contributed by atoms with Crippen molar-refractivity contribution in [3.63, 3.8) is 0 Å². The highest BCUT2D eigenvalue weighted by molar-refractivity contribution is 5.44. The second kappa shape index (κ2) is 4.55. The van der Waals surface area contributed by atoms with E-state index in [0.29, 0.717) is 12.8 Å². The predicted octanol–water partition coefficient (Wildman–Crippen LogP) is 1.21. The molecule has 0 amide bonds. The summed E-state index contributed by atoms with van der Waals surface area (Å²) in [5.74, 6) is 1.74. The zero-order chi connectivity index (χ0) is 11.7. The molecule has 0 spiro atoms. The Morgan fingerprint density at radius 1 is 1.35 bits per heavy atom. The van der Waals surface area contributed by atoms with E-state index in [-0.39, 0.29) is 0 Å². The first-order valence-corrected chi connectivity index (χ1v) is 6.16. The number of hydrogen-bond acceptors (Lipinski definition) is 4. The lowest BCUT2D eigenvalue weighted by Crippen LogP contribution is -2.49. The maximum absolute atomic E-state index is 5.40. The lowest BCUT2D eigenvalue weighted by molar-refractivity contribution is 0.165. The molecule has 1 N–H and O–H groups in total. The van der Waals surface area contributed by atoms with Gasteiger partial charge in [-0.15, -0.1) is 0 Å². The quantitative estimate of drug-likeness (QED) is 0.834. The molecule has 1 saturated heterocycles. The van der Waals surface area contributed by atoms with Crippen molar-refractivity contribution in [2.24, 2.45) is 0 Å². The molecule has 0 saturated carbocycles. The molecular formula is C13H18N2O2. The van der Waals surface area contributed by atoms with Gasteiger partial charge in [0.1, 0.15) is 0 Å². The minimum absolute atomic E-state index is 0.350. The van der Waals surface area contributed by atoms with E-state index >= 15 is 0 Å². The summed E-state index contributed by atoms with van der Waals surface area (Å²) in [6.07, 6.45) is 0. The number of ether oxygens (including phenoxy) is 2. The molecule has 17 heavy (non-hydrogen) atoms. The number of hydrogen-bond donors (Lipinski definition) is 1. The van der Waals surface area contributed by atoms with Gasteiger partial charge in [0.15, 0.2) is 11.5 Å². The van der Waals surface area contributed by atoms with E-state index < -0.39 is 0 Å². The first-order valence-electron chi connectivity index (χ1n) is 6.16. The van der Waals surface area contributed by atoms with Crippen LogP contribution in [0.1, 0.15) is 12.5 Å². The normalized spacial score (nSPS) is 23.9. The second-order valence-corrected chi connectivity index (χ2v) is 4.71. The van der Waals surface area contributed by atoms with Gasteiger partial charge in [-0.05, 0) is 24.6 Å². The Kier molecular flexibility index (Phi) is 2.91. The molecule has 0 radical (unpaired) electrons. The Morgan fingerprint density at radius 2 is 2.24 bits per heavy atom. The molecule has 92 valence electrons. The third kappa shape index (κ3) is 2.23. The van der Waals surface area contributed by atoms with Crippen molar-refractivity contribution in [2.45, 2.75) is 19.5 Å². The lowest BCUT2D eigenvalue weighted by Gasteiger charge is -2.33. The zero-order valence-electron chi connectivity index (χ0n) is 10.1. The Hall–Kier alpha value is -1.26. The molecule has 2 aliphatic heterocycles. The van der Waals surface area contributed by atoms with Gasteiger partial charge in [0, 0.05) is 32.2 Å². The highest BCUT2D eigenvalue weighted by Gasteiger charge is 2.19. The first-order chi connectivity index (χ1) is 8.33. The van der Waals surface area contributed by atoms with Crippen molar-refractivity contribution in [1.29, 1.82) is 0 Å². The van der Waals surface area contributed by atoms with Crippen LogP contribution in [0, 0.1) is 0 Å². The van der Waals surface area contributed by atoms with Gasteiger partial charge in [-0.2, -0.15) is 0 Å². The number of benzene rings is 1. The van der Waals surface area contributed by atoms with Gasteiger partial charge in [0.25, 0.3) is 0 Å². The van der Waals surface area contributed by atoms with E-state index in [0.717, 1.165) is 37.7 Å². The summed E-state index contributed by atoms with van der Waals surface area (Å²) in [6.45, 7) is 6.86. The van der Waals surface area contributed by atoms with Crippen molar-refractivity contribution in [1.82, 2.24) is 10.2 Å². The fraction of sp³-hybridized carbons (Fsp3) is 0.538. The predicted molar refractivity (Wildman–Crippen MR) is 65.3 cm³/mol. The molecule has 0 unspecified atom stereocenters. The fourth-order valence-corrected chi connectivity index (χ4v) is 2.39. The third-order valence-electron chi connectivity index (χ3n) is 3.46. The van der Waals surface area contributed by atoms with Crippen molar-refractivity contribution in [3.05, 3.63) is 23.8 Å². The monoisotopic (exact) mass is 234 g/mol. The molecular weight excluding hydrogens is 216 g/mol. The van der Waals surface area contributed by atoms with Crippen molar-refractivity contribution < 1.29 is 9.47 Å². The van der Waals surface area contributed by atoms with Gasteiger partial charge < -0.3 is 14.8 Å². The third-order valence-corrected chi connectivity index (χ3v) is 3.46. The minimum atomic E-state index is 0.350. The van der Waals surface area contributed by atoms with Crippen LogP contribution in [0.2, 0.25) is 0 Å². The van der Waals surface area contributed by atoms with Crippen molar-refractivity contribution in [2.75, 3.05) is 26.4 Å². The fourth-order valence-electron chi connectivity index (χ4n) is 2.39. The highest BCUT2D eigenvalue weighted by atomic mass is 16.7. The first kappa shape index (κ1) is 10.9. The van der Waals surface area contributed by atoms with Gasteiger partial charge in [-0.1, -0.05) is 6.07 Å². The summed E-state index contributed by atoms with van der Waals surface area (Å²) in [5, 5.41) is 3.41. The lowest BCUT2D eigenvalue weighted by atomic mass is 10.1. The second-order valence-electron chi connectivity index (χ2n) is 4.71. The molecule has 1 atom stereocenters. The van der Waals surface area contributed by atoms with Crippen LogP contribution < -0.4 is 14.8 Å². The minimum Gasteiger partial charge on any atom is -0.454 e. The maximum atomic E-state index is 5.40. The molecule has 2 heterocycles. The Morgan fingerprint density at radius 3 is 3.12 bits per heavy atom. The number of fused-ring (bicyclic) bond motifs is 1. The van der Waals surface area contributed by atoms with E-state index in [9.17, 15) is 0 Å². The highest BCUT2D eigenvalue weighted by Crippen LogP contribution is 2.32. The summed E-state index contributed by atoms with van der Waals surface area (Å²) in [6, 6.07) is 6.82. The van der Waals surface area contributed by atoms with Crippen LogP contribution in [0.4, 0.5) is 0 Å². The van der Waals surface area contributed by atoms with Crippen LogP contribution in [0.15, 0.2) is 18.2 Å². The number of nitrogens with one attached hydrogen (secondary N) is 1. The Labute approximate surface area is 102 Å². The molecule has 1 aromatic carbocycles. The average Bonchev–Trinajstić information content (AvgIpc) is 2.79.